The number of halogens is 1. The Morgan fingerprint density at radius 2 is 2.00 bits per heavy atom. The van der Waals surface area contributed by atoms with Gasteiger partial charge in [0.05, 0.1) is 41.2 Å². The van der Waals surface area contributed by atoms with Gasteiger partial charge in [0.25, 0.3) is 0 Å². The molecule has 0 spiro atoms. The highest BCUT2D eigenvalue weighted by atomic mass is 32.1. The predicted molar refractivity (Wildman–Crippen MR) is 111 cm³/mol. The third-order valence-electron chi connectivity index (χ3n) is 4.30. The maximum absolute atomic E-state index is 14.5. The lowest BCUT2D eigenvalue weighted by Crippen LogP contribution is -2.32. The number of thiophene rings is 1. The molecule has 0 aliphatic heterocycles. The zero-order valence-electron chi connectivity index (χ0n) is 16.1. The first-order valence-electron chi connectivity index (χ1n) is 8.78. The summed E-state index contributed by atoms with van der Waals surface area (Å²) in [6, 6.07) is 7.83. The van der Waals surface area contributed by atoms with Crippen LogP contribution in [-0.2, 0) is 11.5 Å². The van der Waals surface area contributed by atoms with Gasteiger partial charge in [0.2, 0.25) is 0 Å². The number of rotatable bonds is 6. The number of hydrogen-bond donors (Lipinski definition) is 0. The molecule has 0 saturated carbocycles. The first-order valence-corrected chi connectivity index (χ1v) is 9.59. The number of hydrogen-bond acceptors (Lipinski definition) is 6. The molecule has 0 amide bonds. The average Bonchev–Trinajstić information content (AvgIpc) is 3.30. The molecule has 0 unspecified atom stereocenters. The summed E-state index contributed by atoms with van der Waals surface area (Å²) >= 11 is 1.46. The molecular weight excluding hydrogens is 395 g/mol. The quantitative estimate of drug-likeness (QED) is 0.336. The van der Waals surface area contributed by atoms with E-state index >= 15 is 0 Å². The van der Waals surface area contributed by atoms with Crippen molar-refractivity contribution >= 4 is 27.2 Å². The number of aromatic nitrogens is 3. The van der Waals surface area contributed by atoms with Crippen molar-refractivity contribution in [3.05, 3.63) is 60.1 Å². The molecule has 1 aromatic carbocycles. The Kier molecular flexibility index (Phi) is 5.05. The van der Waals surface area contributed by atoms with Gasteiger partial charge in [-0.3, -0.25) is 4.98 Å². The molecule has 4 aromatic rings. The van der Waals surface area contributed by atoms with Gasteiger partial charge in [-0.05, 0) is 12.1 Å². The second-order valence-corrected chi connectivity index (χ2v) is 7.94. The molecule has 0 bridgehead atoms. The molecule has 0 atom stereocenters. The highest BCUT2D eigenvalue weighted by molar-refractivity contribution is 7.22. The third kappa shape index (κ3) is 3.99. The third-order valence-corrected chi connectivity index (χ3v) is 5.46. The van der Waals surface area contributed by atoms with Crippen LogP contribution in [0.4, 0.5) is 10.1 Å². The molecular formula is C20H19FN4O3S. The zero-order valence-corrected chi connectivity index (χ0v) is 16.9. The molecule has 3 heterocycles. The Morgan fingerprint density at radius 1 is 1.17 bits per heavy atom. The van der Waals surface area contributed by atoms with E-state index in [-0.39, 0.29) is 5.75 Å². The molecule has 4 rings (SSSR count). The number of methoxy groups -OCH3 is 1. The summed E-state index contributed by atoms with van der Waals surface area (Å²) in [5, 5.41) is 12.0. The SMILES string of the molecule is COCn1cnc(-c2cc3nccc(Oc4ccc([N+](C)(C)[O-])cc4F)c3s2)c1. The van der Waals surface area contributed by atoms with Crippen molar-refractivity contribution in [2.75, 3.05) is 21.2 Å². The molecule has 3 aromatic heterocycles. The van der Waals surface area contributed by atoms with Crippen molar-refractivity contribution in [3.8, 4) is 22.1 Å². The molecule has 0 aliphatic rings. The van der Waals surface area contributed by atoms with Crippen molar-refractivity contribution in [2.24, 2.45) is 0 Å². The summed E-state index contributed by atoms with van der Waals surface area (Å²) in [6.07, 6.45) is 5.19. The van der Waals surface area contributed by atoms with E-state index < -0.39 is 10.5 Å². The fourth-order valence-corrected chi connectivity index (χ4v) is 3.88. The van der Waals surface area contributed by atoms with Gasteiger partial charge in [0.15, 0.2) is 11.6 Å². The van der Waals surface area contributed by atoms with Gasteiger partial charge in [-0.15, -0.1) is 11.3 Å². The molecule has 7 nitrogen and oxygen atoms in total. The topological polar surface area (TPSA) is 72.2 Å². The van der Waals surface area contributed by atoms with E-state index in [9.17, 15) is 9.60 Å². The van der Waals surface area contributed by atoms with Crippen LogP contribution in [0, 0.1) is 11.0 Å². The normalized spacial score (nSPS) is 11.9. The van der Waals surface area contributed by atoms with Crippen LogP contribution in [0.15, 0.2) is 49.1 Å². The summed E-state index contributed by atoms with van der Waals surface area (Å²) in [4.78, 5) is 9.69. The van der Waals surface area contributed by atoms with Crippen LogP contribution in [0.25, 0.3) is 20.8 Å². The molecule has 29 heavy (non-hydrogen) atoms. The van der Waals surface area contributed by atoms with Crippen LogP contribution >= 0.6 is 11.3 Å². The van der Waals surface area contributed by atoms with E-state index in [1.54, 1.807) is 31.8 Å². The van der Waals surface area contributed by atoms with Gasteiger partial charge in [0, 0.05) is 37.7 Å². The minimum atomic E-state index is -0.722. The van der Waals surface area contributed by atoms with Crippen LogP contribution in [-0.4, -0.2) is 35.7 Å². The summed E-state index contributed by atoms with van der Waals surface area (Å²) in [6.45, 7) is 0.415. The lowest BCUT2D eigenvalue weighted by molar-refractivity contribution is 0.131. The van der Waals surface area contributed by atoms with E-state index in [0.29, 0.717) is 18.2 Å². The number of imidazole rings is 1. The second kappa shape index (κ2) is 7.53. The smallest absolute Gasteiger partial charge is 0.171 e. The summed E-state index contributed by atoms with van der Waals surface area (Å²) in [5.41, 5.74) is 1.83. The molecule has 150 valence electrons. The van der Waals surface area contributed by atoms with Gasteiger partial charge in [-0.1, -0.05) is 0 Å². The molecule has 0 saturated heterocycles. The van der Waals surface area contributed by atoms with Gasteiger partial charge < -0.3 is 23.9 Å². The number of hydroxylamine groups is 2. The van der Waals surface area contributed by atoms with Crippen molar-refractivity contribution in [1.29, 1.82) is 0 Å². The van der Waals surface area contributed by atoms with Crippen LogP contribution in [0.3, 0.4) is 0 Å². The van der Waals surface area contributed by atoms with Crippen molar-refractivity contribution in [1.82, 2.24) is 19.2 Å². The summed E-state index contributed by atoms with van der Waals surface area (Å²) in [7, 11) is 4.49. The van der Waals surface area contributed by atoms with Crippen molar-refractivity contribution in [2.45, 2.75) is 6.73 Å². The van der Waals surface area contributed by atoms with Gasteiger partial charge in [0.1, 0.15) is 18.2 Å². The van der Waals surface area contributed by atoms with Crippen molar-refractivity contribution < 1.29 is 13.9 Å². The highest BCUT2D eigenvalue weighted by Crippen LogP contribution is 2.39. The van der Waals surface area contributed by atoms with Gasteiger partial charge in [-0.2, -0.15) is 0 Å². The minimum Gasteiger partial charge on any atom is -0.628 e. The Balaban J connectivity index is 1.67. The molecule has 0 aliphatic carbocycles. The number of pyridine rings is 1. The summed E-state index contributed by atoms with van der Waals surface area (Å²) < 4.78 is 27.3. The van der Waals surface area contributed by atoms with E-state index in [0.717, 1.165) is 20.8 Å². The monoisotopic (exact) mass is 414 g/mol. The Labute approximate surface area is 170 Å². The molecule has 0 N–H and O–H groups in total. The second-order valence-electron chi connectivity index (χ2n) is 6.89. The number of ether oxygens (including phenoxy) is 2. The standard InChI is InChI=1S/C20H19FN4O3S/c1-25(2,26)13-4-5-17(14(21)8-13)28-18-6-7-22-15-9-19(29-20(15)18)16-10-24(11-23-16)12-27-3/h4-11H,12H2,1-3H3. The van der Waals surface area contributed by atoms with Crippen LogP contribution in [0.1, 0.15) is 0 Å². The average molecular weight is 414 g/mol. The number of nitrogens with zero attached hydrogens (tertiary/aromatic N) is 4. The van der Waals surface area contributed by atoms with Crippen LogP contribution < -0.4 is 9.38 Å². The Morgan fingerprint density at radius 3 is 2.72 bits per heavy atom. The fourth-order valence-electron chi connectivity index (χ4n) is 2.85. The van der Waals surface area contributed by atoms with E-state index in [4.69, 9.17) is 9.47 Å². The fraction of sp³-hybridized carbons (Fsp3) is 0.200. The van der Waals surface area contributed by atoms with Gasteiger partial charge in [-0.25, -0.2) is 9.37 Å². The Hall–Kier alpha value is -2.85. The Bertz CT molecular complexity index is 1170. The van der Waals surface area contributed by atoms with E-state index in [1.165, 1.54) is 37.6 Å². The molecule has 0 fully saturated rings. The largest absolute Gasteiger partial charge is 0.628 e. The molecule has 0 radical (unpaired) electrons. The number of benzene rings is 1. The molecule has 9 heteroatoms. The summed E-state index contributed by atoms with van der Waals surface area (Å²) in [5.74, 6) is -0.0521. The van der Waals surface area contributed by atoms with E-state index in [1.807, 2.05) is 16.8 Å². The lowest BCUT2D eigenvalue weighted by atomic mass is 10.2. The predicted octanol–water partition coefficient (Wildman–Crippen LogP) is 4.76. The lowest BCUT2D eigenvalue weighted by Gasteiger charge is -2.33. The van der Waals surface area contributed by atoms with Crippen molar-refractivity contribution in [3.63, 3.8) is 0 Å². The first-order chi connectivity index (χ1) is 13.8. The van der Waals surface area contributed by atoms with Crippen LogP contribution in [0.5, 0.6) is 11.5 Å². The maximum Gasteiger partial charge on any atom is 0.171 e. The van der Waals surface area contributed by atoms with Crippen LogP contribution in [0.2, 0.25) is 0 Å². The highest BCUT2D eigenvalue weighted by Gasteiger charge is 2.16. The zero-order chi connectivity index (χ0) is 20.6. The van der Waals surface area contributed by atoms with E-state index in [2.05, 4.69) is 9.97 Å². The number of quaternary nitrogens is 1. The number of fused-ring (bicyclic) bond motifs is 1. The van der Waals surface area contributed by atoms with Gasteiger partial charge >= 0.3 is 0 Å². The maximum atomic E-state index is 14.5. The minimum absolute atomic E-state index is 0.0500. The first kappa shape index (κ1) is 19.5.